The van der Waals surface area contributed by atoms with E-state index >= 15 is 8.78 Å². The predicted molar refractivity (Wildman–Crippen MR) is 152 cm³/mol. The molecule has 4 nitrogen and oxygen atoms in total. The number of methoxy groups -OCH3 is 2. The highest BCUT2D eigenvalue weighted by Crippen LogP contribution is 2.48. The molecule has 2 aliphatic rings. The summed E-state index contributed by atoms with van der Waals surface area (Å²) in [5.74, 6) is 0.446. The Balaban J connectivity index is 1.47. The molecule has 3 aromatic carbocycles. The van der Waals surface area contributed by atoms with Crippen LogP contribution in [0.5, 0.6) is 11.5 Å². The molecule has 1 atom stereocenters. The molecule has 210 valence electrons. The van der Waals surface area contributed by atoms with E-state index in [4.69, 9.17) is 14.2 Å². The Morgan fingerprint density at radius 3 is 2.45 bits per heavy atom. The number of esters is 1. The SMILES string of the molecule is COC(=O)C[C@@H](c1cccc(OCc2cc(F)c(-c3cc(OC)ccc3F)c(C3=CCCC3(C)C)c2)c1)C1CC1. The molecule has 0 heterocycles. The predicted octanol–water partition coefficient (Wildman–Crippen LogP) is 8.48. The van der Waals surface area contributed by atoms with Gasteiger partial charge in [0.25, 0.3) is 0 Å². The molecule has 0 N–H and O–H groups in total. The van der Waals surface area contributed by atoms with Gasteiger partial charge in [-0.3, -0.25) is 4.79 Å². The van der Waals surface area contributed by atoms with E-state index in [0.29, 0.717) is 35.0 Å². The van der Waals surface area contributed by atoms with Crippen molar-refractivity contribution < 1.29 is 27.8 Å². The minimum atomic E-state index is -0.507. The summed E-state index contributed by atoms with van der Waals surface area (Å²) in [6.45, 7) is 4.41. The lowest BCUT2D eigenvalue weighted by Crippen LogP contribution is -2.12. The molecular weight excluding hydrogens is 510 g/mol. The van der Waals surface area contributed by atoms with Crippen molar-refractivity contribution in [1.82, 2.24) is 0 Å². The molecule has 0 unspecified atom stereocenters. The van der Waals surface area contributed by atoms with Gasteiger partial charge in [-0.1, -0.05) is 32.1 Å². The average molecular weight is 547 g/mol. The molecule has 1 fully saturated rings. The van der Waals surface area contributed by atoms with Gasteiger partial charge in [0.15, 0.2) is 0 Å². The van der Waals surface area contributed by atoms with Crippen LogP contribution in [0.3, 0.4) is 0 Å². The summed E-state index contributed by atoms with van der Waals surface area (Å²) in [6, 6.07) is 15.5. The van der Waals surface area contributed by atoms with E-state index in [9.17, 15) is 4.79 Å². The van der Waals surface area contributed by atoms with Crippen molar-refractivity contribution >= 4 is 11.5 Å². The Kier molecular flexibility index (Phi) is 7.97. The Morgan fingerprint density at radius 2 is 1.77 bits per heavy atom. The molecule has 2 aliphatic carbocycles. The maximum atomic E-state index is 15.9. The molecule has 3 aromatic rings. The van der Waals surface area contributed by atoms with E-state index in [-0.39, 0.29) is 35.0 Å². The van der Waals surface area contributed by atoms with E-state index in [1.54, 1.807) is 6.07 Å². The molecule has 0 amide bonds. The third kappa shape index (κ3) is 5.91. The van der Waals surface area contributed by atoms with Gasteiger partial charge >= 0.3 is 5.97 Å². The number of allylic oxidation sites excluding steroid dienone is 2. The van der Waals surface area contributed by atoms with E-state index < -0.39 is 11.6 Å². The fourth-order valence-corrected chi connectivity index (χ4v) is 5.84. The normalized spacial score (nSPS) is 16.8. The highest BCUT2D eigenvalue weighted by molar-refractivity contribution is 5.85. The first kappa shape index (κ1) is 27.9. The molecule has 0 spiro atoms. The number of halogens is 2. The molecule has 0 aromatic heterocycles. The molecule has 40 heavy (non-hydrogen) atoms. The second-order valence-corrected chi connectivity index (χ2v) is 11.5. The van der Waals surface area contributed by atoms with Crippen LogP contribution in [0.25, 0.3) is 16.7 Å². The first-order chi connectivity index (χ1) is 19.2. The van der Waals surface area contributed by atoms with Gasteiger partial charge in [-0.05, 0) is 108 Å². The lowest BCUT2D eigenvalue weighted by atomic mass is 9.79. The van der Waals surface area contributed by atoms with Crippen LogP contribution in [0, 0.1) is 23.0 Å². The zero-order valence-electron chi connectivity index (χ0n) is 23.6. The highest BCUT2D eigenvalue weighted by atomic mass is 19.1. The van der Waals surface area contributed by atoms with Gasteiger partial charge in [0.2, 0.25) is 0 Å². The number of rotatable bonds is 10. The minimum Gasteiger partial charge on any atom is -0.497 e. The summed E-state index contributed by atoms with van der Waals surface area (Å²) in [7, 11) is 2.92. The third-order valence-electron chi connectivity index (χ3n) is 8.23. The van der Waals surface area contributed by atoms with Crippen LogP contribution in [0.15, 0.2) is 60.7 Å². The van der Waals surface area contributed by atoms with Gasteiger partial charge in [0, 0.05) is 11.1 Å². The van der Waals surface area contributed by atoms with E-state index in [1.807, 2.05) is 30.3 Å². The van der Waals surface area contributed by atoms with Crippen molar-refractivity contribution in [2.24, 2.45) is 11.3 Å². The maximum Gasteiger partial charge on any atom is 0.306 e. The summed E-state index contributed by atoms with van der Waals surface area (Å²) >= 11 is 0. The van der Waals surface area contributed by atoms with Gasteiger partial charge in [0.05, 0.1) is 20.6 Å². The summed E-state index contributed by atoms with van der Waals surface area (Å²) in [4.78, 5) is 12.0. The molecule has 1 saturated carbocycles. The molecule has 0 aliphatic heterocycles. The highest BCUT2D eigenvalue weighted by Gasteiger charge is 2.34. The Hall–Kier alpha value is -3.67. The summed E-state index contributed by atoms with van der Waals surface area (Å²) in [5.41, 5.74) is 3.60. The van der Waals surface area contributed by atoms with Gasteiger partial charge in [-0.2, -0.15) is 0 Å². The van der Waals surface area contributed by atoms with Crippen molar-refractivity contribution in [2.75, 3.05) is 14.2 Å². The van der Waals surface area contributed by atoms with Crippen LogP contribution in [-0.4, -0.2) is 20.2 Å². The number of hydrogen-bond donors (Lipinski definition) is 0. The number of hydrogen-bond acceptors (Lipinski definition) is 4. The van der Waals surface area contributed by atoms with Crippen LogP contribution in [0.1, 0.15) is 68.6 Å². The molecule has 5 rings (SSSR count). The molecule has 0 bridgehead atoms. The van der Waals surface area contributed by atoms with Crippen LogP contribution >= 0.6 is 0 Å². The number of ether oxygens (including phenoxy) is 3. The fourth-order valence-electron chi connectivity index (χ4n) is 5.84. The summed E-state index contributed by atoms with van der Waals surface area (Å²) in [6.07, 6.45) is 6.48. The van der Waals surface area contributed by atoms with Crippen molar-refractivity contribution in [2.45, 2.75) is 58.5 Å². The minimum absolute atomic E-state index is 0.0913. The van der Waals surface area contributed by atoms with E-state index in [2.05, 4.69) is 19.9 Å². The smallest absolute Gasteiger partial charge is 0.306 e. The van der Waals surface area contributed by atoms with Gasteiger partial charge < -0.3 is 14.2 Å². The summed E-state index contributed by atoms with van der Waals surface area (Å²) in [5, 5.41) is 0. The van der Waals surface area contributed by atoms with Crippen molar-refractivity contribution in [3.8, 4) is 22.6 Å². The van der Waals surface area contributed by atoms with Crippen LogP contribution < -0.4 is 9.47 Å². The number of carbonyl (C=O) groups excluding carboxylic acids is 1. The average Bonchev–Trinajstić information content (AvgIpc) is 3.72. The zero-order chi connectivity index (χ0) is 28.4. The second-order valence-electron chi connectivity index (χ2n) is 11.5. The maximum absolute atomic E-state index is 15.9. The van der Waals surface area contributed by atoms with Gasteiger partial charge in [-0.25, -0.2) is 8.78 Å². The first-order valence-corrected chi connectivity index (χ1v) is 13.9. The monoisotopic (exact) mass is 546 g/mol. The third-order valence-corrected chi connectivity index (χ3v) is 8.23. The Labute approximate surface area is 235 Å². The number of carbonyl (C=O) groups is 1. The molecule has 0 saturated heterocycles. The largest absolute Gasteiger partial charge is 0.497 e. The van der Waals surface area contributed by atoms with Crippen LogP contribution in [0.2, 0.25) is 0 Å². The quantitative estimate of drug-likeness (QED) is 0.239. The van der Waals surface area contributed by atoms with Crippen LogP contribution in [0.4, 0.5) is 8.78 Å². The van der Waals surface area contributed by atoms with Crippen molar-refractivity contribution in [3.63, 3.8) is 0 Å². The Morgan fingerprint density at radius 1 is 0.975 bits per heavy atom. The van der Waals surface area contributed by atoms with Crippen molar-refractivity contribution in [3.05, 3.63) is 89.0 Å². The van der Waals surface area contributed by atoms with Gasteiger partial charge in [0.1, 0.15) is 29.7 Å². The molecule has 0 radical (unpaired) electrons. The fraction of sp³-hybridized carbons (Fsp3) is 0.382. The Bertz CT molecular complexity index is 1440. The first-order valence-electron chi connectivity index (χ1n) is 13.9. The van der Waals surface area contributed by atoms with E-state index in [0.717, 1.165) is 36.8 Å². The second kappa shape index (κ2) is 11.4. The standard InChI is InChI=1S/C34H36F2O4/c1-34(2)14-6-9-29(34)27-15-21(16-31(36)33(27)28-18-24(38-3)12-13-30(28)35)20-40-25-8-5-7-23(17-25)26(22-10-11-22)19-32(37)39-4/h5,7-9,12-13,15-18,22,26H,6,10-11,14,19-20H2,1-4H3/t26-/m1/s1. The van der Waals surface area contributed by atoms with Crippen molar-refractivity contribution in [1.29, 1.82) is 0 Å². The number of benzene rings is 3. The molecule has 6 heteroatoms. The van der Waals surface area contributed by atoms with E-state index in [1.165, 1.54) is 32.4 Å². The molecular formula is C34H36F2O4. The zero-order valence-corrected chi connectivity index (χ0v) is 23.6. The van der Waals surface area contributed by atoms with Gasteiger partial charge in [-0.15, -0.1) is 0 Å². The topological polar surface area (TPSA) is 44.8 Å². The lowest BCUT2D eigenvalue weighted by molar-refractivity contribution is -0.141. The van der Waals surface area contributed by atoms with Crippen LogP contribution in [-0.2, 0) is 16.1 Å². The lowest BCUT2D eigenvalue weighted by Gasteiger charge is -2.26. The summed E-state index contributed by atoms with van der Waals surface area (Å²) < 4.78 is 47.4.